The summed E-state index contributed by atoms with van der Waals surface area (Å²) in [5, 5.41) is 13.7. The van der Waals surface area contributed by atoms with Crippen molar-refractivity contribution in [2.75, 3.05) is 5.32 Å². The summed E-state index contributed by atoms with van der Waals surface area (Å²) in [4.78, 5) is 12.3. The van der Waals surface area contributed by atoms with Crippen LogP contribution in [0.4, 0.5) is 5.69 Å². The third-order valence-corrected chi connectivity index (χ3v) is 4.68. The number of amides is 1. The van der Waals surface area contributed by atoms with E-state index >= 15 is 0 Å². The molecule has 2 heterocycles. The van der Waals surface area contributed by atoms with Crippen LogP contribution in [0.2, 0.25) is 0 Å². The molecular formula is C19H16BrN5O. The molecule has 4 rings (SSSR count). The topological polar surface area (TPSA) is 64.7 Å². The van der Waals surface area contributed by atoms with Gasteiger partial charge in [-0.05, 0) is 32.3 Å². The van der Waals surface area contributed by atoms with E-state index in [1.54, 1.807) is 24.1 Å². The molecule has 2 aromatic heterocycles. The molecule has 1 amide bonds. The number of fused-ring (bicyclic) bond motifs is 1. The number of anilines is 1. The highest BCUT2D eigenvalue weighted by molar-refractivity contribution is 9.10. The monoisotopic (exact) mass is 409 g/mol. The van der Waals surface area contributed by atoms with Gasteiger partial charge < -0.3 is 5.32 Å². The first kappa shape index (κ1) is 16.5. The van der Waals surface area contributed by atoms with Gasteiger partial charge in [0.05, 0.1) is 22.9 Å². The largest absolute Gasteiger partial charge is 0.318 e. The first-order valence-corrected chi connectivity index (χ1v) is 8.89. The lowest BCUT2D eigenvalue weighted by atomic mass is 10.0. The van der Waals surface area contributed by atoms with Crippen LogP contribution in [0.15, 0.2) is 65.5 Å². The fourth-order valence-electron chi connectivity index (χ4n) is 2.92. The summed E-state index contributed by atoms with van der Waals surface area (Å²) in [6.45, 7) is 0.629. The Morgan fingerprint density at radius 3 is 2.77 bits per heavy atom. The minimum absolute atomic E-state index is 0.276. The van der Waals surface area contributed by atoms with Crippen LogP contribution in [0.1, 0.15) is 16.1 Å². The molecule has 1 N–H and O–H groups in total. The second-order valence-electron chi connectivity index (χ2n) is 6.02. The van der Waals surface area contributed by atoms with Gasteiger partial charge in [0, 0.05) is 19.4 Å². The Balaban J connectivity index is 1.53. The van der Waals surface area contributed by atoms with Crippen LogP contribution in [0.3, 0.4) is 0 Å². The molecule has 130 valence electrons. The number of aromatic nitrogens is 4. The number of carbonyl (C=O) groups excluding carboxylic acids is 1. The molecule has 7 heteroatoms. The van der Waals surface area contributed by atoms with Crippen LogP contribution >= 0.6 is 15.9 Å². The van der Waals surface area contributed by atoms with Crippen molar-refractivity contribution in [2.24, 2.45) is 7.05 Å². The molecule has 26 heavy (non-hydrogen) atoms. The van der Waals surface area contributed by atoms with Crippen molar-refractivity contribution in [3.63, 3.8) is 0 Å². The van der Waals surface area contributed by atoms with Gasteiger partial charge in [-0.3, -0.25) is 14.2 Å². The Hall–Kier alpha value is -2.93. The Kier molecular flexibility index (Phi) is 4.30. The van der Waals surface area contributed by atoms with Crippen LogP contribution < -0.4 is 5.32 Å². The molecule has 4 aromatic rings. The van der Waals surface area contributed by atoms with E-state index in [1.807, 2.05) is 29.1 Å². The molecule has 0 saturated heterocycles. The minimum Gasteiger partial charge on any atom is -0.318 e. The molecular weight excluding hydrogens is 394 g/mol. The van der Waals surface area contributed by atoms with E-state index in [1.165, 1.54) is 16.3 Å². The van der Waals surface area contributed by atoms with Crippen LogP contribution in [0, 0.1) is 0 Å². The summed E-state index contributed by atoms with van der Waals surface area (Å²) >= 11 is 3.34. The summed E-state index contributed by atoms with van der Waals surface area (Å²) in [5.74, 6) is -0.276. The van der Waals surface area contributed by atoms with Crippen molar-refractivity contribution in [1.29, 1.82) is 0 Å². The first-order valence-electron chi connectivity index (χ1n) is 8.10. The van der Waals surface area contributed by atoms with Gasteiger partial charge >= 0.3 is 0 Å². The smallest absolute Gasteiger partial charge is 0.277 e. The second kappa shape index (κ2) is 6.76. The standard InChI is InChI=1S/C19H16BrN5O/c1-24-12-17(20)18(23-24)19(26)22-15-9-21-25(11-15)10-14-7-4-6-13-5-2-3-8-16(13)14/h2-9,11-12H,10H2,1H3,(H,22,26). The molecule has 0 fully saturated rings. The summed E-state index contributed by atoms with van der Waals surface area (Å²) in [6.07, 6.45) is 5.19. The Morgan fingerprint density at radius 1 is 1.15 bits per heavy atom. The average molecular weight is 410 g/mol. The number of nitrogens with zero attached hydrogens (tertiary/aromatic N) is 4. The quantitative estimate of drug-likeness (QED) is 0.556. The van der Waals surface area contributed by atoms with Crippen LogP contribution in [0.25, 0.3) is 10.8 Å². The number of carbonyl (C=O) groups is 1. The molecule has 0 aliphatic carbocycles. The zero-order valence-electron chi connectivity index (χ0n) is 14.1. The van der Waals surface area contributed by atoms with Crippen LogP contribution in [-0.2, 0) is 13.6 Å². The molecule has 0 bridgehead atoms. The van der Waals surface area contributed by atoms with Crippen molar-refractivity contribution >= 4 is 38.3 Å². The zero-order chi connectivity index (χ0) is 18.1. The summed E-state index contributed by atoms with van der Waals surface area (Å²) < 4.78 is 4.05. The highest BCUT2D eigenvalue weighted by Crippen LogP contribution is 2.20. The van der Waals surface area contributed by atoms with E-state index in [0.717, 1.165) is 0 Å². The van der Waals surface area contributed by atoms with E-state index in [4.69, 9.17) is 0 Å². The molecule has 0 aliphatic heterocycles. The molecule has 0 spiro atoms. The number of hydrogen-bond acceptors (Lipinski definition) is 3. The van der Waals surface area contributed by atoms with Crippen molar-refractivity contribution in [1.82, 2.24) is 19.6 Å². The van der Waals surface area contributed by atoms with Crippen LogP contribution in [0.5, 0.6) is 0 Å². The van der Waals surface area contributed by atoms with E-state index in [9.17, 15) is 4.79 Å². The van der Waals surface area contributed by atoms with Crippen LogP contribution in [-0.4, -0.2) is 25.5 Å². The van der Waals surface area contributed by atoms with Gasteiger partial charge in [0.25, 0.3) is 5.91 Å². The number of benzene rings is 2. The van der Waals surface area contributed by atoms with Crippen molar-refractivity contribution in [2.45, 2.75) is 6.54 Å². The van der Waals surface area contributed by atoms with Crippen molar-refractivity contribution in [3.05, 3.63) is 76.8 Å². The minimum atomic E-state index is -0.276. The van der Waals surface area contributed by atoms with E-state index in [0.29, 0.717) is 22.4 Å². The number of hydrogen-bond donors (Lipinski definition) is 1. The maximum absolute atomic E-state index is 12.3. The summed E-state index contributed by atoms with van der Waals surface area (Å²) in [6, 6.07) is 14.5. The van der Waals surface area contributed by atoms with Gasteiger partial charge in [-0.2, -0.15) is 10.2 Å². The van der Waals surface area contributed by atoms with Gasteiger partial charge in [0.15, 0.2) is 5.69 Å². The van der Waals surface area contributed by atoms with E-state index in [-0.39, 0.29) is 5.91 Å². The highest BCUT2D eigenvalue weighted by Gasteiger charge is 2.15. The summed E-state index contributed by atoms with van der Waals surface area (Å²) in [5.41, 5.74) is 2.15. The fourth-order valence-corrected chi connectivity index (χ4v) is 3.48. The molecule has 0 unspecified atom stereocenters. The third-order valence-electron chi connectivity index (χ3n) is 4.10. The van der Waals surface area contributed by atoms with Gasteiger partial charge in [0.2, 0.25) is 0 Å². The van der Waals surface area contributed by atoms with Gasteiger partial charge in [-0.25, -0.2) is 0 Å². The molecule has 0 radical (unpaired) electrons. The number of rotatable bonds is 4. The second-order valence-corrected chi connectivity index (χ2v) is 6.87. The molecule has 0 aliphatic rings. The Labute approximate surface area is 158 Å². The van der Waals surface area contributed by atoms with Gasteiger partial charge in [-0.15, -0.1) is 0 Å². The first-order chi connectivity index (χ1) is 12.6. The maximum atomic E-state index is 12.3. The average Bonchev–Trinajstić information content (AvgIpc) is 3.21. The maximum Gasteiger partial charge on any atom is 0.277 e. The lowest BCUT2D eigenvalue weighted by molar-refractivity contribution is 0.102. The third kappa shape index (κ3) is 3.25. The number of nitrogens with one attached hydrogen (secondary N) is 1. The van der Waals surface area contributed by atoms with Crippen molar-refractivity contribution < 1.29 is 4.79 Å². The van der Waals surface area contributed by atoms with E-state index in [2.05, 4.69) is 55.7 Å². The van der Waals surface area contributed by atoms with Crippen molar-refractivity contribution in [3.8, 4) is 0 Å². The summed E-state index contributed by atoms with van der Waals surface area (Å²) in [7, 11) is 1.77. The molecule has 0 atom stereocenters. The van der Waals surface area contributed by atoms with Gasteiger partial charge in [0.1, 0.15) is 0 Å². The zero-order valence-corrected chi connectivity index (χ0v) is 15.6. The van der Waals surface area contributed by atoms with Gasteiger partial charge in [-0.1, -0.05) is 42.5 Å². The predicted octanol–water partition coefficient (Wildman–Crippen LogP) is 3.83. The molecule has 6 nitrogen and oxygen atoms in total. The molecule has 2 aromatic carbocycles. The number of aryl methyl sites for hydroxylation is 1. The lowest BCUT2D eigenvalue weighted by Crippen LogP contribution is -2.13. The normalized spacial score (nSPS) is 11.0. The van der Waals surface area contributed by atoms with E-state index < -0.39 is 0 Å². The highest BCUT2D eigenvalue weighted by atomic mass is 79.9. The predicted molar refractivity (Wildman–Crippen MR) is 104 cm³/mol. The fraction of sp³-hybridized carbons (Fsp3) is 0.105. The Morgan fingerprint density at radius 2 is 1.96 bits per heavy atom. The SMILES string of the molecule is Cn1cc(Br)c(C(=O)Nc2cnn(Cc3cccc4ccccc34)c2)n1. The Bertz CT molecular complexity index is 1090. The lowest BCUT2D eigenvalue weighted by Gasteiger charge is -2.06. The number of halogens is 1. The molecule has 0 saturated carbocycles.